The molecular weight excluding hydrogens is 294 g/mol. The molecule has 0 unspecified atom stereocenters. The predicted molar refractivity (Wildman–Crippen MR) is 87.0 cm³/mol. The van der Waals surface area contributed by atoms with Crippen molar-refractivity contribution in [2.45, 2.75) is 0 Å². The minimum Gasteiger partial charge on any atom is -0.497 e. The van der Waals surface area contributed by atoms with Crippen LogP contribution in [0.15, 0.2) is 55.0 Å². The Morgan fingerprint density at radius 1 is 1.00 bits per heavy atom. The Bertz CT molecular complexity index is 792. The third-order valence-corrected chi connectivity index (χ3v) is 2.98. The molecule has 2 aromatic heterocycles. The van der Waals surface area contributed by atoms with Gasteiger partial charge >= 0.3 is 6.01 Å². The third kappa shape index (κ3) is 3.65. The predicted octanol–water partition coefficient (Wildman–Crippen LogP) is 3.00. The molecule has 3 aromatic rings. The van der Waals surface area contributed by atoms with Crippen LogP contribution < -0.4 is 20.5 Å². The SMILES string of the molecule is COc1cccc(Oc2ncc(Nc3ncccc3N)cn2)c1. The third-order valence-electron chi connectivity index (χ3n) is 2.98. The highest BCUT2D eigenvalue weighted by molar-refractivity contribution is 5.67. The second kappa shape index (κ2) is 6.61. The van der Waals surface area contributed by atoms with E-state index in [-0.39, 0.29) is 6.01 Å². The molecule has 0 spiro atoms. The average molecular weight is 309 g/mol. The van der Waals surface area contributed by atoms with Crippen molar-refractivity contribution in [2.75, 3.05) is 18.2 Å². The van der Waals surface area contributed by atoms with Gasteiger partial charge in [0.2, 0.25) is 0 Å². The lowest BCUT2D eigenvalue weighted by Gasteiger charge is -2.08. The van der Waals surface area contributed by atoms with Gasteiger partial charge in [-0.1, -0.05) is 6.07 Å². The zero-order chi connectivity index (χ0) is 16.1. The van der Waals surface area contributed by atoms with Crippen LogP contribution in [0.1, 0.15) is 0 Å². The van der Waals surface area contributed by atoms with Crippen LogP contribution >= 0.6 is 0 Å². The fourth-order valence-electron chi connectivity index (χ4n) is 1.86. The van der Waals surface area contributed by atoms with Crippen molar-refractivity contribution < 1.29 is 9.47 Å². The Balaban J connectivity index is 1.70. The number of benzene rings is 1. The monoisotopic (exact) mass is 309 g/mol. The van der Waals surface area contributed by atoms with Gasteiger partial charge in [-0.2, -0.15) is 0 Å². The van der Waals surface area contributed by atoms with Crippen molar-refractivity contribution >= 4 is 17.2 Å². The molecule has 7 heteroatoms. The topological polar surface area (TPSA) is 95.2 Å². The summed E-state index contributed by atoms with van der Waals surface area (Å²) in [6, 6.07) is 11.0. The number of aromatic nitrogens is 3. The van der Waals surface area contributed by atoms with Crippen LogP contribution in [0.4, 0.5) is 17.2 Å². The van der Waals surface area contributed by atoms with Gasteiger partial charge in [0.05, 0.1) is 30.9 Å². The lowest BCUT2D eigenvalue weighted by Crippen LogP contribution is -2.00. The van der Waals surface area contributed by atoms with Gasteiger partial charge in [0.25, 0.3) is 0 Å². The van der Waals surface area contributed by atoms with E-state index in [9.17, 15) is 0 Å². The van der Waals surface area contributed by atoms with Gasteiger partial charge in [0, 0.05) is 12.3 Å². The fourth-order valence-corrected chi connectivity index (χ4v) is 1.86. The van der Waals surface area contributed by atoms with E-state index in [1.807, 2.05) is 12.1 Å². The van der Waals surface area contributed by atoms with E-state index >= 15 is 0 Å². The standard InChI is InChI=1S/C16H15N5O2/c1-22-12-4-2-5-13(8-12)23-16-19-9-11(10-20-16)21-15-14(17)6-3-7-18-15/h2-10H,17H2,1H3,(H,18,21). The molecule has 3 rings (SSSR count). The summed E-state index contributed by atoms with van der Waals surface area (Å²) in [5, 5.41) is 3.04. The Morgan fingerprint density at radius 2 is 1.78 bits per heavy atom. The Morgan fingerprint density at radius 3 is 2.52 bits per heavy atom. The number of nitrogens with two attached hydrogens (primary N) is 1. The Labute approximate surface area is 133 Å². The molecule has 0 amide bonds. The maximum atomic E-state index is 5.83. The summed E-state index contributed by atoms with van der Waals surface area (Å²) in [5.41, 5.74) is 7.03. The number of methoxy groups -OCH3 is 1. The van der Waals surface area contributed by atoms with Crippen LogP contribution in [0.3, 0.4) is 0 Å². The summed E-state index contributed by atoms with van der Waals surface area (Å²) >= 11 is 0. The first-order valence-electron chi connectivity index (χ1n) is 6.86. The van der Waals surface area contributed by atoms with Gasteiger partial charge in [-0.05, 0) is 24.3 Å². The number of pyridine rings is 1. The highest BCUT2D eigenvalue weighted by Crippen LogP contribution is 2.24. The molecule has 0 saturated carbocycles. The maximum Gasteiger partial charge on any atom is 0.322 e. The lowest BCUT2D eigenvalue weighted by atomic mass is 10.3. The summed E-state index contributed by atoms with van der Waals surface area (Å²) < 4.78 is 10.7. The van der Waals surface area contributed by atoms with E-state index in [4.69, 9.17) is 15.2 Å². The van der Waals surface area contributed by atoms with Crippen molar-refractivity contribution in [3.05, 3.63) is 55.0 Å². The van der Waals surface area contributed by atoms with E-state index < -0.39 is 0 Å². The molecule has 0 fully saturated rings. The first-order valence-corrected chi connectivity index (χ1v) is 6.86. The van der Waals surface area contributed by atoms with Crippen molar-refractivity contribution in [1.82, 2.24) is 15.0 Å². The van der Waals surface area contributed by atoms with Gasteiger partial charge in [-0.3, -0.25) is 0 Å². The van der Waals surface area contributed by atoms with E-state index in [1.54, 1.807) is 50.0 Å². The second-order valence-corrected chi connectivity index (χ2v) is 4.60. The van der Waals surface area contributed by atoms with Gasteiger partial charge in [-0.25, -0.2) is 15.0 Å². The van der Waals surface area contributed by atoms with Crippen LogP contribution in [0, 0.1) is 0 Å². The van der Waals surface area contributed by atoms with Crippen molar-refractivity contribution in [3.8, 4) is 17.5 Å². The van der Waals surface area contributed by atoms with Crippen LogP contribution in [0.2, 0.25) is 0 Å². The van der Waals surface area contributed by atoms with Gasteiger partial charge < -0.3 is 20.5 Å². The smallest absolute Gasteiger partial charge is 0.322 e. The quantitative estimate of drug-likeness (QED) is 0.748. The number of nitrogens with zero attached hydrogens (tertiary/aromatic N) is 3. The van der Waals surface area contributed by atoms with E-state index in [2.05, 4.69) is 20.3 Å². The molecule has 0 aliphatic rings. The normalized spacial score (nSPS) is 10.1. The number of ether oxygens (including phenoxy) is 2. The molecule has 3 N–H and O–H groups in total. The molecule has 116 valence electrons. The van der Waals surface area contributed by atoms with Gasteiger partial charge in [0.15, 0.2) is 5.82 Å². The molecule has 0 aliphatic carbocycles. The molecule has 0 aliphatic heterocycles. The highest BCUT2D eigenvalue weighted by atomic mass is 16.5. The van der Waals surface area contributed by atoms with E-state index in [1.165, 1.54) is 0 Å². The second-order valence-electron chi connectivity index (χ2n) is 4.60. The van der Waals surface area contributed by atoms with E-state index in [0.717, 1.165) is 0 Å². The largest absolute Gasteiger partial charge is 0.497 e. The minimum atomic E-state index is 0.234. The summed E-state index contributed by atoms with van der Waals surface area (Å²) in [6.07, 6.45) is 4.84. The molecule has 23 heavy (non-hydrogen) atoms. The molecular formula is C16H15N5O2. The molecule has 0 radical (unpaired) electrons. The molecule has 0 atom stereocenters. The van der Waals surface area contributed by atoms with Crippen molar-refractivity contribution in [2.24, 2.45) is 0 Å². The zero-order valence-corrected chi connectivity index (χ0v) is 12.4. The Kier molecular flexibility index (Phi) is 4.19. The summed E-state index contributed by atoms with van der Waals surface area (Å²) in [5.74, 6) is 1.85. The number of hydrogen-bond acceptors (Lipinski definition) is 7. The first-order chi connectivity index (χ1) is 11.2. The first kappa shape index (κ1) is 14.6. The van der Waals surface area contributed by atoms with Crippen LogP contribution in [-0.4, -0.2) is 22.1 Å². The zero-order valence-electron chi connectivity index (χ0n) is 12.4. The molecule has 7 nitrogen and oxygen atoms in total. The van der Waals surface area contributed by atoms with Crippen LogP contribution in [0.25, 0.3) is 0 Å². The number of nitrogens with one attached hydrogen (secondary N) is 1. The number of hydrogen-bond donors (Lipinski definition) is 2. The van der Waals surface area contributed by atoms with Crippen LogP contribution in [-0.2, 0) is 0 Å². The molecule has 0 bridgehead atoms. The van der Waals surface area contributed by atoms with Gasteiger partial charge in [-0.15, -0.1) is 0 Å². The summed E-state index contributed by atoms with van der Waals surface area (Å²) in [6.45, 7) is 0. The Hall–Kier alpha value is -3.35. The number of nitrogen functional groups attached to an aromatic ring is 1. The number of rotatable bonds is 5. The highest BCUT2D eigenvalue weighted by Gasteiger charge is 2.04. The maximum absolute atomic E-state index is 5.83. The van der Waals surface area contributed by atoms with Crippen molar-refractivity contribution in [3.63, 3.8) is 0 Å². The molecule has 2 heterocycles. The number of anilines is 3. The van der Waals surface area contributed by atoms with Crippen LogP contribution in [0.5, 0.6) is 17.5 Å². The average Bonchev–Trinajstić information content (AvgIpc) is 2.59. The molecule has 0 saturated heterocycles. The summed E-state index contributed by atoms with van der Waals surface area (Å²) in [7, 11) is 1.60. The summed E-state index contributed by atoms with van der Waals surface area (Å²) in [4.78, 5) is 12.4. The fraction of sp³-hybridized carbons (Fsp3) is 0.0625. The lowest BCUT2D eigenvalue weighted by molar-refractivity contribution is 0.404. The van der Waals surface area contributed by atoms with E-state index in [0.29, 0.717) is 28.7 Å². The van der Waals surface area contributed by atoms with Gasteiger partial charge in [0.1, 0.15) is 11.5 Å². The minimum absolute atomic E-state index is 0.234. The van der Waals surface area contributed by atoms with Crippen molar-refractivity contribution in [1.29, 1.82) is 0 Å². The molecule has 1 aromatic carbocycles.